The van der Waals surface area contributed by atoms with Gasteiger partial charge in [0.05, 0.1) is 0 Å². The summed E-state index contributed by atoms with van der Waals surface area (Å²) in [4.78, 5) is 0. The molecule has 0 unspecified atom stereocenters. The maximum Gasteiger partial charge on any atom is 0.166 e. The Hall–Kier alpha value is -1.09. The van der Waals surface area contributed by atoms with E-state index in [1.165, 1.54) is 18.4 Å². The Morgan fingerprint density at radius 1 is 1.20 bits per heavy atom. The molecule has 0 aliphatic heterocycles. The Morgan fingerprint density at radius 2 is 1.93 bits per heavy atom. The topological polar surface area (TPSA) is 24.1 Å². The van der Waals surface area contributed by atoms with Crippen LogP contribution in [-0.4, -0.2) is 11.7 Å². The van der Waals surface area contributed by atoms with E-state index in [1.54, 1.807) is 0 Å². The molecule has 15 heavy (non-hydrogen) atoms. The summed E-state index contributed by atoms with van der Waals surface area (Å²) < 4.78 is 0. The normalized spacial score (nSPS) is 14.7. The fourth-order valence-corrected chi connectivity index (χ4v) is 1.56. The molecule has 1 aliphatic rings. The SMILES string of the molecule is S=C(NCc1ccccc1)NCC1CC1. The molecule has 1 aliphatic carbocycles. The first-order chi connectivity index (χ1) is 7.34. The van der Waals surface area contributed by atoms with Gasteiger partial charge in [0.1, 0.15) is 0 Å². The summed E-state index contributed by atoms with van der Waals surface area (Å²) in [7, 11) is 0. The van der Waals surface area contributed by atoms with E-state index in [1.807, 2.05) is 18.2 Å². The maximum atomic E-state index is 5.18. The lowest BCUT2D eigenvalue weighted by Gasteiger charge is -2.09. The fourth-order valence-electron chi connectivity index (χ4n) is 1.40. The molecule has 0 amide bonds. The molecule has 80 valence electrons. The van der Waals surface area contributed by atoms with Gasteiger partial charge in [-0.25, -0.2) is 0 Å². The second-order valence-corrected chi connectivity index (χ2v) is 4.40. The highest BCUT2D eigenvalue weighted by molar-refractivity contribution is 7.80. The molecule has 0 radical (unpaired) electrons. The van der Waals surface area contributed by atoms with Crippen molar-refractivity contribution in [3.8, 4) is 0 Å². The van der Waals surface area contributed by atoms with E-state index in [4.69, 9.17) is 12.2 Å². The van der Waals surface area contributed by atoms with E-state index in [9.17, 15) is 0 Å². The first-order valence-corrected chi connectivity index (χ1v) is 5.81. The zero-order valence-electron chi connectivity index (χ0n) is 8.70. The lowest BCUT2D eigenvalue weighted by molar-refractivity contribution is 0.750. The quantitative estimate of drug-likeness (QED) is 0.760. The minimum Gasteiger partial charge on any atom is -0.362 e. The van der Waals surface area contributed by atoms with Gasteiger partial charge in [0.2, 0.25) is 0 Å². The smallest absolute Gasteiger partial charge is 0.166 e. The predicted octanol–water partition coefficient (Wildman–Crippen LogP) is 2.06. The van der Waals surface area contributed by atoms with Crippen LogP contribution in [0.1, 0.15) is 18.4 Å². The molecule has 1 aromatic rings. The number of hydrogen-bond acceptors (Lipinski definition) is 1. The van der Waals surface area contributed by atoms with Crippen molar-refractivity contribution >= 4 is 17.3 Å². The van der Waals surface area contributed by atoms with Crippen LogP contribution >= 0.6 is 12.2 Å². The van der Waals surface area contributed by atoms with Crippen molar-refractivity contribution in [2.75, 3.05) is 6.54 Å². The van der Waals surface area contributed by atoms with Crippen LogP contribution in [0, 0.1) is 5.92 Å². The van der Waals surface area contributed by atoms with Crippen LogP contribution in [0.3, 0.4) is 0 Å². The van der Waals surface area contributed by atoms with Crippen LogP contribution in [0.15, 0.2) is 30.3 Å². The van der Waals surface area contributed by atoms with Crippen LogP contribution in [0.2, 0.25) is 0 Å². The van der Waals surface area contributed by atoms with Crippen molar-refractivity contribution < 1.29 is 0 Å². The van der Waals surface area contributed by atoms with Gasteiger partial charge in [-0.1, -0.05) is 30.3 Å². The number of benzene rings is 1. The average molecular weight is 220 g/mol. The van der Waals surface area contributed by atoms with E-state index in [0.29, 0.717) is 0 Å². The van der Waals surface area contributed by atoms with Gasteiger partial charge < -0.3 is 10.6 Å². The van der Waals surface area contributed by atoms with E-state index >= 15 is 0 Å². The highest BCUT2D eigenvalue weighted by atomic mass is 32.1. The van der Waals surface area contributed by atoms with Crippen molar-refractivity contribution in [2.24, 2.45) is 5.92 Å². The molecule has 0 atom stereocenters. The standard InChI is InChI=1S/C12H16N2S/c15-12(14-9-11-6-7-11)13-8-10-4-2-1-3-5-10/h1-5,11H,6-9H2,(H2,13,14,15). The van der Waals surface area contributed by atoms with Gasteiger partial charge in [0, 0.05) is 13.1 Å². The third-order valence-corrected chi connectivity index (χ3v) is 2.83. The van der Waals surface area contributed by atoms with E-state index in [2.05, 4.69) is 22.8 Å². The monoisotopic (exact) mass is 220 g/mol. The van der Waals surface area contributed by atoms with Crippen LogP contribution in [0.25, 0.3) is 0 Å². The number of rotatable bonds is 4. The van der Waals surface area contributed by atoms with Gasteiger partial charge >= 0.3 is 0 Å². The molecule has 0 bridgehead atoms. The van der Waals surface area contributed by atoms with Gasteiger partial charge in [-0.05, 0) is 36.5 Å². The molecule has 0 spiro atoms. The van der Waals surface area contributed by atoms with E-state index in [-0.39, 0.29) is 0 Å². The summed E-state index contributed by atoms with van der Waals surface area (Å²) in [6.45, 7) is 1.83. The first kappa shape index (κ1) is 10.4. The van der Waals surface area contributed by atoms with Crippen LogP contribution in [0.4, 0.5) is 0 Å². The van der Waals surface area contributed by atoms with Gasteiger partial charge in [-0.3, -0.25) is 0 Å². The zero-order valence-corrected chi connectivity index (χ0v) is 9.52. The van der Waals surface area contributed by atoms with E-state index in [0.717, 1.165) is 24.1 Å². The highest BCUT2D eigenvalue weighted by Crippen LogP contribution is 2.27. The molecular formula is C12H16N2S. The van der Waals surface area contributed by atoms with Crippen LogP contribution in [-0.2, 0) is 6.54 Å². The van der Waals surface area contributed by atoms with Crippen LogP contribution < -0.4 is 10.6 Å². The summed E-state index contributed by atoms with van der Waals surface area (Å²) in [6, 6.07) is 10.3. The summed E-state index contributed by atoms with van der Waals surface area (Å²) in [5, 5.41) is 7.21. The zero-order chi connectivity index (χ0) is 10.5. The van der Waals surface area contributed by atoms with E-state index < -0.39 is 0 Å². The molecule has 2 N–H and O–H groups in total. The number of hydrogen-bond donors (Lipinski definition) is 2. The largest absolute Gasteiger partial charge is 0.362 e. The molecule has 2 nitrogen and oxygen atoms in total. The molecule has 0 heterocycles. The van der Waals surface area contributed by atoms with Crippen molar-refractivity contribution in [3.63, 3.8) is 0 Å². The highest BCUT2D eigenvalue weighted by Gasteiger charge is 2.20. The van der Waals surface area contributed by atoms with Crippen molar-refractivity contribution in [1.82, 2.24) is 10.6 Å². The third kappa shape index (κ3) is 3.88. The molecule has 0 aromatic heterocycles. The molecular weight excluding hydrogens is 204 g/mol. The average Bonchev–Trinajstić information content (AvgIpc) is 3.09. The Balaban J connectivity index is 1.66. The first-order valence-electron chi connectivity index (χ1n) is 5.40. The number of thiocarbonyl (C=S) groups is 1. The lowest BCUT2D eigenvalue weighted by Crippen LogP contribution is -2.35. The lowest BCUT2D eigenvalue weighted by atomic mass is 10.2. The summed E-state index contributed by atoms with van der Waals surface area (Å²) in [5.74, 6) is 0.862. The van der Waals surface area contributed by atoms with Crippen molar-refractivity contribution in [3.05, 3.63) is 35.9 Å². The second kappa shape index (κ2) is 5.12. The summed E-state index contributed by atoms with van der Waals surface area (Å²) >= 11 is 5.18. The Morgan fingerprint density at radius 3 is 2.60 bits per heavy atom. The maximum absolute atomic E-state index is 5.18. The van der Waals surface area contributed by atoms with Crippen LogP contribution in [0.5, 0.6) is 0 Å². The molecule has 1 aromatic carbocycles. The molecule has 2 rings (SSSR count). The molecule has 0 saturated heterocycles. The Labute approximate surface area is 96.1 Å². The Kier molecular flexibility index (Phi) is 3.56. The van der Waals surface area contributed by atoms with Gasteiger partial charge in [-0.2, -0.15) is 0 Å². The minimum atomic E-state index is 0.769. The van der Waals surface area contributed by atoms with Crippen molar-refractivity contribution in [2.45, 2.75) is 19.4 Å². The van der Waals surface area contributed by atoms with Gasteiger partial charge in [-0.15, -0.1) is 0 Å². The summed E-state index contributed by atoms with van der Waals surface area (Å²) in [6.07, 6.45) is 2.71. The Bertz CT molecular complexity index is 320. The van der Waals surface area contributed by atoms with Crippen molar-refractivity contribution in [1.29, 1.82) is 0 Å². The molecule has 1 saturated carbocycles. The summed E-state index contributed by atoms with van der Waals surface area (Å²) in [5.41, 5.74) is 1.26. The second-order valence-electron chi connectivity index (χ2n) is 3.99. The minimum absolute atomic E-state index is 0.769. The fraction of sp³-hybridized carbons (Fsp3) is 0.417. The molecule has 3 heteroatoms. The molecule has 1 fully saturated rings. The predicted molar refractivity (Wildman–Crippen MR) is 66.6 cm³/mol. The third-order valence-electron chi connectivity index (χ3n) is 2.54. The van der Waals surface area contributed by atoms with Gasteiger partial charge in [0.25, 0.3) is 0 Å². The van der Waals surface area contributed by atoms with Gasteiger partial charge in [0.15, 0.2) is 5.11 Å². The number of nitrogens with one attached hydrogen (secondary N) is 2.